The molecule has 1 N–H and O–H groups in total. The van der Waals surface area contributed by atoms with E-state index >= 15 is 0 Å². The maximum atomic E-state index is 12.5. The minimum Gasteiger partial charge on any atom is -0.492 e. The fraction of sp³-hybridized carbons (Fsp3) is 0.292. The van der Waals surface area contributed by atoms with E-state index in [9.17, 15) is 13.2 Å². The summed E-state index contributed by atoms with van der Waals surface area (Å²) in [5.74, 6) is 0.438. The molecular formula is C24H26N2O5S. The van der Waals surface area contributed by atoms with Crippen molar-refractivity contribution < 1.29 is 22.7 Å². The summed E-state index contributed by atoms with van der Waals surface area (Å²) in [6, 6.07) is 20.6. The van der Waals surface area contributed by atoms with Gasteiger partial charge in [0.15, 0.2) is 0 Å². The summed E-state index contributed by atoms with van der Waals surface area (Å²) in [7, 11) is -3.39. The molecule has 1 fully saturated rings. The van der Waals surface area contributed by atoms with Gasteiger partial charge in [-0.2, -0.15) is 4.31 Å². The standard InChI is InChI=1S/C24H26N2O5S/c27-24(25-11-14-31-23-10-9-20-3-1-2-4-22(20)17-23)21-7-5-19(6-8-21)18-32(28,29)26-12-15-30-16-13-26/h1-10,17H,11-16,18H2,(H,25,27). The van der Waals surface area contributed by atoms with Gasteiger partial charge in [-0.3, -0.25) is 4.79 Å². The first-order chi connectivity index (χ1) is 15.5. The highest BCUT2D eigenvalue weighted by atomic mass is 32.2. The maximum Gasteiger partial charge on any atom is 0.251 e. The lowest BCUT2D eigenvalue weighted by Gasteiger charge is -2.26. The van der Waals surface area contributed by atoms with Gasteiger partial charge in [0.05, 0.1) is 25.5 Å². The lowest BCUT2D eigenvalue weighted by molar-refractivity contribution is 0.0729. The van der Waals surface area contributed by atoms with Gasteiger partial charge in [-0.25, -0.2) is 8.42 Å². The SMILES string of the molecule is O=C(NCCOc1ccc2ccccc2c1)c1ccc(CS(=O)(=O)N2CCOCC2)cc1. The summed E-state index contributed by atoms with van der Waals surface area (Å²) in [5, 5.41) is 5.07. The predicted octanol–water partition coefficient (Wildman–Crippen LogP) is 2.81. The van der Waals surface area contributed by atoms with Crippen LogP contribution in [0.2, 0.25) is 0 Å². The number of carbonyl (C=O) groups is 1. The maximum absolute atomic E-state index is 12.5. The van der Waals surface area contributed by atoms with Crippen LogP contribution in [0.4, 0.5) is 0 Å². The Bertz CT molecular complexity index is 1170. The summed E-state index contributed by atoms with van der Waals surface area (Å²) < 4.78 is 37.4. The van der Waals surface area contributed by atoms with Crippen LogP contribution in [0, 0.1) is 0 Å². The zero-order valence-corrected chi connectivity index (χ0v) is 18.5. The fourth-order valence-electron chi connectivity index (χ4n) is 3.57. The van der Waals surface area contributed by atoms with Gasteiger partial charge in [-0.15, -0.1) is 0 Å². The number of nitrogens with one attached hydrogen (secondary N) is 1. The Kier molecular flexibility index (Phi) is 7.04. The van der Waals surface area contributed by atoms with Crippen molar-refractivity contribution in [3.63, 3.8) is 0 Å². The van der Waals surface area contributed by atoms with Crippen LogP contribution < -0.4 is 10.1 Å². The average Bonchev–Trinajstić information content (AvgIpc) is 2.82. The van der Waals surface area contributed by atoms with Gasteiger partial charge in [0.25, 0.3) is 5.91 Å². The first-order valence-electron chi connectivity index (χ1n) is 10.6. The van der Waals surface area contributed by atoms with Crippen molar-refractivity contribution in [1.29, 1.82) is 0 Å². The number of benzene rings is 3. The van der Waals surface area contributed by atoms with E-state index in [0.717, 1.165) is 16.5 Å². The van der Waals surface area contributed by atoms with E-state index in [0.29, 0.717) is 50.6 Å². The van der Waals surface area contributed by atoms with Gasteiger partial charge in [0.2, 0.25) is 10.0 Å². The van der Waals surface area contributed by atoms with Crippen LogP contribution in [0.5, 0.6) is 5.75 Å². The number of morpholine rings is 1. The van der Waals surface area contributed by atoms with E-state index in [1.165, 1.54) is 4.31 Å². The second-order valence-electron chi connectivity index (χ2n) is 7.58. The van der Waals surface area contributed by atoms with Crippen LogP contribution in [0.1, 0.15) is 15.9 Å². The molecule has 3 aromatic rings. The molecule has 8 heteroatoms. The fourth-order valence-corrected chi connectivity index (χ4v) is 5.07. The minimum absolute atomic E-state index is 0.0888. The summed E-state index contributed by atoms with van der Waals surface area (Å²) in [6.07, 6.45) is 0. The number of fused-ring (bicyclic) bond motifs is 1. The predicted molar refractivity (Wildman–Crippen MR) is 123 cm³/mol. The summed E-state index contributed by atoms with van der Waals surface area (Å²) >= 11 is 0. The van der Waals surface area contributed by atoms with Crippen molar-refractivity contribution in [3.05, 3.63) is 77.9 Å². The highest BCUT2D eigenvalue weighted by Gasteiger charge is 2.24. The summed E-state index contributed by atoms with van der Waals surface area (Å²) in [4.78, 5) is 12.4. The second kappa shape index (κ2) is 10.1. The van der Waals surface area contributed by atoms with E-state index < -0.39 is 10.0 Å². The molecule has 1 amide bonds. The minimum atomic E-state index is -3.39. The van der Waals surface area contributed by atoms with E-state index in [1.807, 2.05) is 42.5 Å². The number of hydrogen-bond donors (Lipinski definition) is 1. The molecule has 7 nitrogen and oxygen atoms in total. The zero-order valence-electron chi connectivity index (χ0n) is 17.7. The van der Waals surface area contributed by atoms with Gasteiger partial charge in [0.1, 0.15) is 12.4 Å². The molecule has 0 unspecified atom stereocenters. The molecule has 0 aromatic heterocycles. The molecule has 1 aliphatic heterocycles. The van der Waals surface area contributed by atoms with Crippen LogP contribution in [0.3, 0.4) is 0 Å². The molecule has 0 spiro atoms. The number of carbonyl (C=O) groups excluding carboxylic acids is 1. The first kappa shape index (κ1) is 22.3. The van der Waals surface area contributed by atoms with Gasteiger partial charge >= 0.3 is 0 Å². The van der Waals surface area contributed by atoms with Crippen LogP contribution in [-0.2, 0) is 20.5 Å². The molecule has 32 heavy (non-hydrogen) atoms. The highest BCUT2D eigenvalue weighted by Crippen LogP contribution is 2.20. The molecule has 1 aliphatic rings. The summed E-state index contributed by atoms with van der Waals surface area (Å²) in [5.41, 5.74) is 1.12. The number of rotatable bonds is 8. The Labute approximate surface area is 188 Å². The smallest absolute Gasteiger partial charge is 0.251 e. The monoisotopic (exact) mass is 454 g/mol. The Balaban J connectivity index is 1.25. The lowest BCUT2D eigenvalue weighted by atomic mass is 10.1. The third kappa shape index (κ3) is 5.64. The Hall–Kier alpha value is -2.94. The molecule has 0 saturated carbocycles. The first-order valence-corrected chi connectivity index (χ1v) is 12.2. The number of hydrogen-bond acceptors (Lipinski definition) is 5. The van der Waals surface area contributed by atoms with Crippen LogP contribution in [-0.4, -0.2) is 58.1 Å². The van der Waals surface area contributed by atoms with Gasteiger partial charge < -0.3 is 14.8 Å². The molecule has 4 rings (SSSR count). The van der Waals surface area contributed by atoms with Crippen molar-refractivity contribution in [2.75, 3.05) is 39.5 Å². The lowest BCUT2D eigenvalue weighted by Crippen LogP contribution is -2.41. The van der Waals surface area contributed by atoms with Crippen molar-refractivity contribution >= 4 is 26.7 Å². The molecule has 0 radical (unpaired) electrons. The molecule has 0 aliphatic carbocycles. The molecular weight excluding hydrogens is 428 g/mol. The van der Waals surface area contributed by atoms with Crippen LogP contribution >= 0.6 is 0 Å². The molecule has 3 aromatic carbocycles. The third-order valence-corrected chi connectivity index (χ3v) is 7.16. The quantitative estimate of drug-likeness (QED) is 0.529. The average molecular weight is 455 g/mol. The molecule has 168 valence electrons. The van der Waals surface area contributed by atoms with Crippen LogP contribution in [0.25, 0.3) is 10.8 Å². The van der Waals surface area contributed by atoms with E-state index in [1.54, 1.807) is 24.3 Å². The number of sulfonamides is 1. The normalized spacial score (nSPS) is 14.9. The van der Waals surface area contributed by atoms with E-state index in [2.05, 4.69) is 5.32 Å². The molecule has 1 saturated heterocycles. The van der Waals surface area contributed by atoms with Gasteiger partial charge in [-0.05, 0) is 40.6 Å². The molecule has 1 heterocycles. The number of ether oxygens (including phenoxy) is 2. The topological polar surface area (TPSA) is 84.9 Å². The zero-order chi connectivity index (χ0) is 22.4. The summed E-state index contributed by atoms with van der Waals surface area (Å²) in [6.45, 7) is 2.30. The Morgan fingerprint density at radius 2 is 1.69 bits per heavy atom. The number of nitrogens with zero attached hydrogens (tertiary/aromatic N) is 1. The van der Waals surface area contributed by atoms with Crippen molar-refractivity contribution in [2.45, 2.75) is 5.75 Å². The Morgan fingerprint density at radius 1 is 0.969 bits per heavy atom. The molecule has 0 bridgehead atoms. The van der Waals surface area contributed by atoms with E-state index in [4.69, 9.17) is 9.47 Å². The van der Waals surface area contributed by atoms with Gasteiger partial charge in [-0.1, -0.05) is 42.5 Å². The van der Waals surface area contributed by atoms with Crippen molar-refractivity contribution in [3.8, 4) is 5.75 Å². The van der Waals surface area contributed by atoms with Crippen molar-refractivity contribution in [2.24, 2.45) is 0 Å². The second-order valence-corrected chi connectivity index (χ2v) is 9.55. The largest absolute Gasteiger partial charge is 0.492 e. The highest BCUT2D eigenvalue weighted by molar-refractivity contribution is 7.88. The van der Waals surface area contributed by atoms with Gasteiger partial charge in [0, 0.05) is 18.7 Å². The van der Waals surface area contributed by atoms with Crippen molar-refractivity contribution in [1.82, 2.24) is 9.62 Å². The van der Waals surface area contributed by atoms with E-state index in [-0.39, 0.29) is 11.7 Å². The Morgan fingerprint density at radius 3 is 2.44 bits per heavy atom. The number of amides is 1. The molecule has 0 atom stereocenters. The van der Waals surface area contributed by atoms with Crippen LogP contribution in [0.15, 0.2) is 66.7 Å². The third-order valence-electron chi connectivity index (χ3n) is 5.31.